The van der Waals surface area contributed by atoms with Crippen molar-refractivity contribution >= 4 is 10.9 Å². The molecule has 0 unspecified atom stereocenters. The second-order valence-electron chi connectivity index (χ2n) is 7.96. The highest BCUT2D eigenvalue weighted by atomic mass is 16.5. The van der Waals surface area contributed by atoms with Crippen LogP contribution in [0.2, 0.25) is 0 Å². The first-order valence-electron chi connectivity index (χ1n) is 11.5. The second kappa shape index (κ2) is 10.9. The minimum Gasteiger partial charge on any atom is -0.385 e. The molecule has 10 heteroatoms. The number of rotatable bonds is 11. The molecule has 0 N–H and O–H groups in total. The number of methoxy groups -OCH3 is 1. The molecule has 4 heterocycles. The molecule has 0 saturated carbocycles. The Hall–Kier alpha value is -4.02. The molecule has 0 aliphatic carbocycles. The topological polar surface area (TPSA) is 106 Å². The standard InChI is InChI=1S/C25H26N8O2/c1-34-12-4-13-35-14-10-23-30-25(20-9-11-27-24(15-20)33-18-26-17-28-33)31-32(23)16-21-8-7-19-5-2-3-6-22(19)29-21/h2-3,5-9,11,15,17-18H,4,10,12-14,16H2,1H3. The van der Waals surface area contributed by atoms with Crippen LogP contribution in [0.5, 0.6) is 0 Å². The van der Waals surface area contributed by atoms with E-state index in [1.54, 1.807) is 24.3 Å². The van der Waals surface area contributed by atoms with E-state index in [2.05, 4.69) is 27.2 Å². The average Bonchev–Trinajstić information content (AvgIpc) is 3.57. The third-order valence-electron chi connectivity index (χ3n) is 5.48. The van der Waals surface area contributed by atoms with Crippen molar-refractivity contribution in [3.8, 4) is 17.2 Å². The van der Waals surface area contributed by atoms with Gasteiger partial charge in [-0.05, 0) is 30.7 Å². The third-order valence-corrected chi connectivity index (χ3v) is 5.48. The first-order chi connectivity index (χ1) is 17.3. The molecule has 0 spiro atoms. The number of nitrogens with zero attached hydrogens (tertiary/aromatic N) is 8. The van der Waals surface area contributed by atoms with Crippen LogP contribution in [0.1, 0.15) is 17.9 Å². The van der Waals surface area contributed by atoms with Crippen LogP contribution in [0.15, 0.2) is 67.4 Å². The van der Waals surface area contributed by atoms with Crippen molar-refractivity contribution in [1.29, 1.82) is 0 Å². The van der Waals surface area contributed by atoms with E-state index in [-0.39, 0.29) is 0 Å². The fraction of sp³-hybridized carbons (Fsp3) is 0.280. The van der Waals surface area contributed by atoms with Crippen LogP contribution >= 0.6 is 0 Å². The average molecular weight is 471 g/mol. The number of pyridine rings is 2. The molecule has 0 saturated heterocycles. The predicted molar refractivity (Wildman–Crippen MR) is 130 cm³/mol. The molecule has 0 aliphatic rings. The Morgan fingerprint density at radius 3 is 2.80 bits per heavy atom. The van der Waals surface area contributed by atoms with Gasteiger partial charge in [-0.2, -0.15) is 10.2 Å². The molecule has 0 aliphatic heterocycles. The maximum absolute atomic E-state index is 5.78. The molecule has 5 aromatic rings. The Balaban J connectivity index is 1.40. The van der Waals surface area contributed by atoms with E-state index in [0.29, 0.717) is 44.4 Å². The zero-order valence-corrected chi connectivity index (χ0v) is 19.5. The molecule has 5 rings (SSSR count). The van der Waals surface area contributed by atoms with E-state index in [1.807, 2.05) is 41.1 Å². The van der Waals surface area contributed by atoms with Gasteiger partial charge in [-0.1, -0.05) is 24.3 Å². The largest absolute Gasteiger partial charge is 0.385 e. The monoisotopic (exact) mass is 470 g/mol. The molecule has 0 atom stereocenters. The van der Waals surface area contributed by atoms with Crippen LogP contribution < -0.4 is 0 Å². The van der Waals surface area contributed by atoms with Gasteiger partial charge in [0.1, 0.15) is 18.5 Å². The molecule has 10 nitrogen and oxygen atoms in total. The van der Waals surface area contributed by atoms with Crippen LogP contribution in [-0.4, -0.2) is 66.4 Å². The highest BCUT2D eigenvalue weighted by molar-refractivity contribution is 5.78. The summed E-state index contributed by atoms with van der Waals surface area (Å²) >= 11 is 0. The summed E-state index contributed by atoms with van der Waals surface area (Å²) in [7, 11) is 1.69. The number of aromatic nitrogens is 8. The fourth-order valence-electron chi connectivity index (χ4n) is 3.74. The van der Waals surface area contributed by atoms with Gasteiger partial charge < -0.3 is 9.47 Å². The molecule has 0 fully saturated rings. The minimum atomic E-state index is 0.512. The van der Waals surface area contributed by atoms with Crippen molar-refractivity contribution in [1.82, 2.24) is 39.5 Å². The lowest BCUT2D eigenvalue weighted by Crippen LogP contribution is -2.11. The first kappa shape index (κ1) is 22.8. The number of benzene rings is 1. The Kier molecular flexibility index (Phi) is 7.11. The summed E-state index contributed by atoms with van der Waals surface area (Å²) in [6.45, 7) is 2.39. The van der Waals surface area contributed by atoms with Gasteiger partial charge >= 0.3 is 0 Å². The molecule has 0 amide bonds. The highest BCUT2D eigenvalue weighted by Gasteiger charge is 2.14. The number of hydrogen-bond donors (Lipinski definition) is 0. The van der Waals surface area contributed by atoms with E-state index in [1.165, 1.54) is 6.33 Å². The molecule has 35 heavy (non-hydrogen) atoms. The van der Waals surface area contributed by atoms with Crippen LogP contribution in [0.4, 0.5) is 0 Å². The van der Waals surface area contributed by atoms with E-state index in [9.17, 15) is 0 Å². The molecule has 178 valence electrons. The summed E-state index contributed by atoms with van der Waals surface area (Å²) in [5.41, 5.74) is 2.72. The van der Waals surface area contributed by atoms with Crippen molar-refractivity contribution in [2.45, 2.75) is 19.4 Å². The van der Waals surface area contributed by atoms with Crippen molar-refractivity contribution in [2.24, 2.45) is 0 Å². The molecule has 4 aromatic heterocycles. The van der Waals surface area contributed by atoms with Gasteiger partial charge in [0, 0.05) is 43.9 Å². The van der Waals surface area contributed by atoms with E-state index in [4.69, 9.17) is 24.5 Å². The summed E-state index contributed by atoms with van der Waals surface area (Å²) < 4.78 is 14.4. The van der Waals surface area contributed by atoms with Crippen LogP contribution in [0, 0.1) is 0 Å². The van der Waals surface area contributed by atoms with Crippen molar-refractivity contribution in [3.63, 3.8) is 0 Å². The number of ether oxygens (including phenoxy) is 2. The van der Waals surface area contributed by atoms with Gasteiger partial charge in [-0.3, -0.25) is 4.98 Å². The quantitative estimate of drug-likeness (QED) is 0.271. The zero-order chi connectivity index (χ0) is 23.9. The minimum absolute atomic E-state index is 0.512. The van der Waals surface area contributed by atoms with Gasteiger partial charge in [-0.25, -0.2) is 24.3 Å². The molecule has 0 radical (unpaired) electrons. The molecular weight excluding hydrogens is 444 g/mol. The highest BCUT2D eigenvalue weighted by Crippen LogP contribution is 2.19. The number of hydrogen-bond acceptors (Lipinski definition) is 8. The van der Waals surface area contributed by atoms with Crippen molar-refractivity contribution < 1.29 is 9.47 Å². The normalized spacial score (nSPS) is 11.3. The van der Waals surface area contributed by atoms with Gasteiger partial charge in [0.15, 0.2) is 11.6 Å². The van der Waals surface area contributed by atoms with E-state index in [0.717, 1.165) is 34.4 Å². The lowest BCUT2D eigenvalue weighted by atomic mass is 10.2. The zero-order valence-electron chi connectivity index (χ0n) is 19.5. The number of para-hydroxylation sites is 1. The van der Waals surface area contributed by atoms with Crippen molar-refractivity contribution in [2.75, 3.05) is 26.9 Å². The van der Waals surface area contributed by atoms with Crippen LogP contribution in [-0.2, 0) is 22.4 Å². The SMILES string of the molecule is COCCCOCCc1nc(-c2ccnc(-n3cncn3)c2)nn1Cc1ccc2ccccc2n1. The summed E-state index contributed by atoms with van der Waals surface area (Å²) in [6.07, 6.45) is 6.29. The van der Waals surface area contributed by atoms with Gasteiger partial charge in [0.05, 0.1) is 24.4 Å². The summed E-state index contributed by atoms with van der Waals surface area (Å²) in [6, 6.07) is 16.0. The molecule has 1 aromatic carbocycles. The lowest BCUT2D eigenvalue weighted by Gasteiger charge is -2.07. The van der Waals surface area contributed by atoms with Crippen LogP contribution in [0.25, 0.3) is 28.1 Å². The number of fused-ring (bicyclic) bond motifs is 1. The predicted octanol–water partition coefficient (Wildman–Crippen LogP) is 3.11. The molecular formula is C25H26N8O2. The van der Waals surface area contributed by atoms with Gasteiger partial charge in [-0.15, -0.1) is 0 Å². The lowest BCUT2D eigenvalue weighted by molar-refractivity contribution is 0.104. The summed E-state index contributed by atoms with van der Waals surface area (Å²) in [4.78, 5) is 18.0. The van der Waals surface area contributed by atoms with Crippen molar-refractivity contribution in [3.05, 3.63) is 78.9 Å². The maximum atomic E-state index is 5.78. The Morgan fingerprint density at radius 2 is 1.91 bits per heavy atom. The first-order valence-corrected chi connectivity index (χ1v) is 11.5. The maximum Gasteiger partial charge on any atom is 0.181 e. The fourth-order valence-corrected chi connectivity index (χ4v) is 3.74. The summed E-state index contributed by atoms with van der Waals surface area (Å²) in [5, 5.41) is 10.1. The van der Waals surface area contributed by atoms with Crippen LogP contribution in [0.3, 0.4) is 0 Å². The molecule has 0 bridgehead atoms. The van der Waals surface area contributed by atoms with Gasteiger partial charge in [0.2, 0.25) is 0 Å². The van der Waals surface area contributed by atoms with Gasteiger partial charge in [0.25, 0.3) is 0 Å². The Bertz CT molecular complexity index is 1380. The van der Waals surface area contributed by atoms with E-state index < -0.39 is 0 Å². The smallest absolute Gasteiger partial charge is 0.181 e. The Labute approximate surface area is 202 Å². The second-order valence-corrected chi connectivity index (χ2v) is 7.96. The van der Waals surface area contributed by atoms with E-state index >= 15 is 0 Å². The summed E-state index contributed by atoms with van der Waals surface area (Å²) in [5.74, 6) is 2.10. The Morgan fingerprint density at radius 1 is 0.971 bits per heavy atom. The third kappa shape index (κ3) is 5.56.